The zero-order chi connectivity index (χ0) is 39.3. The average molecular weight is 953 g/mol. The Morgan fingerprint density at radius 1 is 0.712 bits per heavy atom. The molecule has 2 aromatic carbocycles. The number of phenolic OH excluding ortho intramolecular Hbond substituents is 1. The molecule has 0 radical (unpaired) electrons. The van der Waals surface area contributed by atoms with E-state index in [4.69, 9.17) is 5.73 Å². The topological polar surface area (TPSA) is 270 Å². The number of carbonyl (C=O) groups is 6. The molecule has 286 valence electrons. The highest BCUT2D eigenvalue weighted by Crippen LogP contribution is 2.27. The largest absolute Gasteiger partial charge is 0.506 e. The van der Waals surface area contributed by atoms with Crippen LogP contribution in [-0.2, 0) is 41.6 Å². The minimum atomic E-state index is -1.62. The van der Waals surface area contributed by atoms with Crippen LogP contribution in [0.3, 0.4) is 0 Å². The van der Waals surface area contributed by atoms with Gasteiger partial charge in [-0.25, -0.2) is 4.79 Å². The van der Waals surface area contributed by atoms with Gasteiger partial charge in [0.05, 0.1) is 31.9 Å². The Labute approximate surface area is 328 Å². The molecule has 5 amide bonds. The fraction of sp³-hybridized carbons (Fsp3) is 0.471. The predicted molar refractivity (Wildman–Crippen MR) is 207 cm³/mol. The molecule has 16 nitrogen and oxygen atoms in total. The summed E-state index contributed by atoms with van der Waals surface area (Å²) in [6, 6.07) is 5.29. The summed E-state index contributed by atoms with van der Waals surface area (Å²) >= 11 is 3.89. The predicted octanol–water partition coefficient (Wildman–Crippen LogP) is -0.338. The highest BCUT2D eigenvalue weighted by molar-refractivity contribution is 14.1. The molecule has 2 aromatic rings. The van der Waals surface area contributed by atoms with Gasteiger partial charge in [0.2, 0.25) is 29.5 Å². The van der Waals surface area contributed by atoms with Gasteiger partial charge in [-0.2, -0.15) is 0 Å². The van der Waals surface area contributed by atoms with Gasteiger partial charge in [-0.3, -0.25) is 24.0 Å². The summed E-state index contributed by atoms with van der Waals surface area (Å²) in [6.45, 7) is 5.39. The van der Waals surface area contributed by atoms with E-state index in [1.165, 1.54) is 13.8 Å². The van der Waals surface area contributed by atoms with Crippen LogP contribution in [0.4, 0.5) is 0 Å². The van der Waals surface area contributed by atoms with E-state index >= 15 is 0 Å². The summed E-state index contributed by atoms with van der Waals surface area (Å²) in [5.74, 6) is -5.55. The van der Waals surface area contributed by atoms with Gasteiger partial charge in [-0.1, -0.05) is 44.2 Å². The van der Waals surface area contributed by atoms with Crippen LogP contribution >= 0.6 is 45.2 Å². The van der Waals surface area contributed by atoms with E-state index in [-0.39, 0.29) is 30.9 Å². The summed E-state index contributed by atoms with van der Waals surface area (Å²) in [5, 5.41) is 51.6. The molecule has 7 atom stereocenters. The molecule has 0 fully saturated rings. The van der Waals surface area contributed by atoms with E-state index < -0.39 is 84.5 Å². The molecule has 0 aromatic heterocycles. The number of carbonyl (C=O) groups excluding carboxylic acids is 5. The number of rotatable bonds is 19. The highest BCUT2D eigenvalue weighted by Gasteiger charge is 2.33. The first-order chi connectivity index (χ1) is 24.3. The average Bonchev–Trinajstić information content (AvgIpc) is 3.06. The van der Waals surface area contributed by atoms with E-state index in [1.807, 2.05) is 45.2 Å². The standard InChI is InChI=1S/C34H46I2N6O10/c1-16(2)10-24(32(49)42-28(18(4)44)34(51)52)40-31(48)25(14-19-8-6-5-7-9-19)39-26(45)15-38-33(50)27(17(3)43)41-30(47)23(37)13-20-11-21(35)29(46)22(36)12-20/h5-9,11-12,16-18,23-25,27-28,43-44,46H,10,13-15,37H2,1-4H3,(H,38,50)(H,39,45)(H,40,48)(H,41,47)(H,42,49)(H,51,52)/t17-,18+,23+,24-,25-,27+,28-/m0/s1. The number of aliphatic hydroxyl groups excluding tert-OH is 2. The van der Waals surface area contributed by atoms with Crippen molar-refractivity contribution in [3.05, 3.63) is 60.7 Å². The molecule has 11 N–H and O–H groups in total. The fourth-order valence-electron chi connectivity index (χ4n) is 4.95. The first-order valence-electron chi connectivity index (χ1n) is 16.3. The first kappa shape index (κ1) is 44.6. The number of aromatic hydroxyl groups is 1. The molecule has 52 heavy (non-hydrogen) atoms. The van der Waals surface area contributed by atoms with E-state index in [0.717, 1.165) is 0 Å². The molecule has 0 aliphatic rings. The summed E-state index contributed by atoms with van der Waals surface area (Å²) in [7, 11) is 0. The zero-order valence-corrected chi connectivity index (χ0v) is 33.4. The molecular weight excluding hydrogens is 906 g/mol. The number of carboxylic acids is 1. The molecular formula is C34H46I2N6O10. The fourth-order valence-corrected chi connectivity index (χ4v) is 6.84. The number of nitrogens with two attached hydrogens (primary N) is 1. The lowest BCUT2D eigenvalue weighted by Crippen LogP contribution is -2.59. The van der Waals surface area contributed by atoms with Crippen molar-refractivity contribution < 1.29 is 49.2 Å². The van der Waals surface area contributed by atoms with Gasteiger partial charge >= 0.3 is 5.97 Å². The Balaban J connectivity index is 2.14. The molecule has 0 spiro atoms. The van der Waals surface area contributed by atoms with Gasteiger partial charge in [0, 0.05) is 6.42 Å². The normalized spacial score (nSPS) is 15.2. The number of halogens is 2. The Bertz CT molecular complexity index is 1550. The van der Waals surface area contributed by atoms with Crippen molar-refractivity contribution in [3.63, 3.8) is 0 Å². The molecule has 0 heterocycles. The molecule has 18 heteroatoms. The Morgan fingerprint density at radius 3 is 1.77 bits per heavy atom. The maximum absolute atomic E-state index is 13.6. The second-order valence-corrected chi connectivity index (χ2v) is 15.1. The second kappa shape index (κ2) is 21.2. The van der Waals surface area contributed by atoms with E-state index in [0.29, 0.717) is 18.3 Å². The molecule has 0 aliphatic heterocycles. The van der Waals surface area contributed by atoms with Crippen LogP contribution in [-0.4, -0.2) is 105 Å². The number of nitrogens with one attached hydrogen (secondary N) is 5. The van der Waals surface area contributed by atoms with E-state index in [1.54, 1.807) is 56.3 Å². The monoisotopic (exact) mass is 952 g/mol. The maximum Gasteiger partial charge on any atom is 0.328 e. The van der Waals surface area contributed by atoms with Crippen LogP contribution in [0.15, 0.2) is 42.5 Å². The Hall–Kier alpha value is -3.60. The van der Waals surface area contributed by atoms with Gasteiger partial charge in [-0.15, -0.1) is 0 Å². The smallest absolute Gasteiger partial charge is 0.328 e. The van der Waals surface area contributed by atoms with Gasteiger partial charge in [0.15, 0.2) is 6.04 Å². The number of aliphatic hydroxyl groups is 2. The van der Waals surface area contributed by atoms with Crippen molar-refractivity contribution >= 4 is 80.7 Å². The van der Waals surface area contributed by atoms with Crippen LogP contribution in [0.5, 0.6) is 5.75 Å². The number of aliphatic carboxylic acids is 1. The summed E-state index contributed by atoms with van der Waals surface area (Å²) in [6.07, 6.45) is -2.65. The van der Waals surface area contributed by atoms with E-state index in [9.17, 15) is 49.2 Å². The lowest BCUT2D eigenvalue weighted by Gasteiger charge is -2.26. The highest BCUT2D eigenvalue weighted by atomic mass is 127. The van der Waals surface area contributed by atoms with Gasteiger partial charge in [-0.05, 0) is 101 Å². The Kier molecular flexibility index (Phi) is 18.2. The molecule has 0 aliphatic carbocycles. The van der Waals surface area contributed by atoms with Gasteiger partial charge < -0.3 is 52.7 Å². The third kappa shape index (κ3) is 14.4. The molecule has 2 rings (SSSR count). The van der Waals surface area contributed by atoms with Crippen LogP contribution in [0.25, 0.3) is 0 Å². The van der Waals surface area contributed by atoms with Crippen molar-refractivity contribution in [2.24, 2.45) is 11.7 Å². The third-order valence-corrected chi connectivity index (χ3v) is 9.32. The van der Waals surface area contributed by atoms with E-state index in [2.05, 4.69) is 26.6 Å². The number of amides is 5. The van der Waals surface area contributed by atoms with Crippen molar-refractivity contribution in [2.45, 2.75) is 89.4 Å². The number of benzene rings is 2. The van der Waals surface area contributed by atoms with Crippen LogP contribution in [0.1, 0.15) is 45.2 Å². The number of phenols is 1. The zero-order valence-electron chi connectivity index (χ0n) is 29.1. The molecule has 0 bridgehead atoms. The second-order valence-electron chi connectivity index (χ2n) is 12.7. The Morgan fingerprint density at radius 2 is 1.25 bits per heavy atom. The molecule has 0 saturated carbocycles. The summed E-state index contributed by atoms with van der Waals surface area (Å²) < 4.78 is 1.13. The SMILES string of the molecule is CC(C)C[C@H](NC(=O)[C@H](Cc1ccccc1)NC(=O)CNC(=O)[C@H](NC(=O)[C@H](N)Cc1cc(I)c(O)c(I)c1)[C@H](C)O)C(=O)N[C@H](C(=O)O)[C@@H](C)O. The van der Waals surface area contributed by atoms with Crippen molar-refractivity contribution in [2.75, 3.05) is 6.54 Å². The number of carboxylic acid groups (broad SMARTS) is 1. The van der Waals surface area contributed by atoms with Crippen molar-refractivity contribution in [1.29, 1.82) is 0 Å². The quantitative estimate of drug-likeness (QED) is 0.0815. The minimum absolute atomic E-state index is 0.0167. The molecule has 0 saturated heterocycles. The van der Waals surface area contributed by atoms with Crippen LogP contribution < -0.4 is 32.3 Å². The van der Waals surface area contributed by atoms with Crippen molar-refractivity contribution in [1.82, 2.24) is 26.6 Å². The lowest BCUT2D eigenvalue weighted by atomic mass is 10.0. The van der Waals surface area contributed by atoms with Gasteiger partial charge in [0.1, 0.15) is 23.9 Å². The number of hydrogen-bond acceptors (Lipinski definition) is 10. The molecule has 0 unspecified atom stereocenters. The maximum atomic E-state index is 13.6. The van der Waals surface area contributed by atoms with Crippen molar-refractivity contribution in [3.8, 4) is 5.75 Å². The lowest BCUT2D eigenvalue weighted by molar-refractivity contribution is -0.145. The summed E-state index contributed by atoms with van der Waals surface area (Å²) in [4.78, 5) is 77.2. The first-order valence-corrected chi connectivity index (χ1v) is 18.5. The third-order valence-electron chi connectivity index (χ3n) is 7.68. The van der Waals surface area contributed by atoms with Crippen LogP contribution in [0, 0.1) is 13.1 Å². The number of hydrogen-bond donors (Lipinski definition) is 10. The minimum Gasteiger partial charge on any atom is -0.506 e. The van der Waals surface area contributed by atoms with Gasteiger partial charge in [0.25, 0.3) is 0 Å². The summed E-state index contributed by atoms with van der Waals surface area (Å²) in [5.41, 5.74) is 7.40. The van der Waals surface area contributed by atoms with Crippen LogP contribution in [0.2, 0.25) is 0 Å².